The van der Waals surface area contributed by atoms with Crippen LogP contribution in [0.2, 0.25) is 0 Å². The molecule has 0 aliphatic carbocycles. The van der Waals surface area contributed by atoms with E-state index in [9.17, 15) is 4.79 Å². The van der Waals surface area contributed by atoms with E-state index in [0.29, 0.717) is 10.3 Å². The van der Waals surface area contributed by atoms with Crippen LogP contribution in [0.5, 0.6) is 0 Å². The minimum Gasteiger partial charge on any atom is -0.345 e. The maximum atomic E-state index is 11.0. The third kappa shape index (κ3) is 0.657. The normalized spacial score (nSPS) is 10.4. The van der Waals surface area contributed by atoms with Crippen LogP contribution in [0.15, 0.2) is 22.6 Å². The summed E-state index contributed by atoms with van der Waals surface area (Å²) < 4.78 is 0.697. The van der Waals surface area contributed by atoms with Gasteiger partial charge in [-0.05, 0) is 0 Å². The van der Waals surface area contributed by atoms with Crippen LogP contribution in [-0.4, -0.2) is 9.97 Å². The van der Waals surface area contributed by atoms with Gasteiger partial charge in [0.25, 0.3) is 0 Å². The monoisotopic (exact) mass is 152 g/mol. The molecule has 3 nitrogen and oxygen atoms in total. The number of nitrogens with zero attached hydrogens (tertiary/aromatic N) is 1. The molecule has 1 N–H and O–H groups in total. The van der Waals surface area contributed by atoms with E-state index in [1.165, 1.54) is 17.4 Å². The van der Waals surface area contributed by atoms with Crippen LogP contribution in [0.3, 0.4) is 0 Å². The van der Waals surface area contributed by atoms with Gasteiger partial charge in [0.2, 0.25) is 5.43 Å². The summed E-state index contributed by atoms with van der Waals surface area (Å²) in [6, 6.07) is 1.50. The van der Waals surface area contributed by atoms with Crippen LogP contribution in [0.25, 0.3) is 10.3 Å². The maximum absolute atomic E-state index is 11.0. The number of aromatic nitrogens is 2. The van der Waals surface area contributed by atoms with Gasteiger partial charge in [-0.15, -0.1) is 11.3 Å². The molecule has 10 heavy (non-hydrogen) atoms. The molecule has 4 heteroatoms. The van der Waals surface area contributed by atoms with Crippen molar-refractivity contribution in [1.29, 1.82) is 0 Å². The van der Waals surface area contributed by atoms with Crippen molar-refractivity contribution in [3.8, 4) is 0 Å². The molecule has 2 heterocycles. The first-order valence-corrected chi connectivity index (χ1v) is 3.67. The van der Waals surface area contributed by atoms with Crippen LogP contribution in [0.1, 0.15) is 0 Å². The predicted molar refractivity (Wildman–Crippen MR) is 40.2 cm³/mol. The number of rotatable bonds is 0. The largest absolute Gasteiger partial charge is 0.345 e. The highest BCUT2D eigenvalue weighted by Crippen LogP contribution is 2.08. The van der Waals surface area contributed by atoms with E-state index in [4.69, 9.17) is 0 Å². The fraction of sp³-hybridized carbons (Fsp3) is 0. The number of nitrogens with one attached hydrogen (secondary N) is 1. The molecule has 2 aromatic heterocycles. The van der Waals surface area contributed by atoms with Gasteiger partial charge >= 0.3 is 0 Å². The molecule has 0 unspecified atom stereocenters. The van der Waals surface area contributed by atoms with E-state index in [1.807, 2.05) is 0 Å². The molecule has 0 fully saturated rings. The average molecular weight is 152 g/mol. The predicted octanol–water partition coefficient (Wildman–Crippen LogP) is 0.985. The summed E-state index contributed by atoms with van der Waals surface area (Å²) in [6.45, 7) is 0. The first-order chi connectivity index (χ1) is 4.88. The summed E-state index contributed by atoms with van der Waals surface area (Å²) in [7, 11) is 0. The maximum Gasteiger partial charge on any atom is 0.201 e. The molecular weight excluding hydrogens is 148 g/mol. The second kappa shape index (κ2) is 1.91. The van der Waals surface area contributed by atoms with Gasteiger partial charge in [0.1, 0.15) is 4.70 Å². The van der Waals surface area contributed by atoms with Gasteiger partial charge in [-0.25, -0.2) is 4.98 Å². The van der Waals surface area contributed by atoms with E-state index < -0.39 is 0 Å². The van der Waals surface area contributed by atoms with Crippen LogP contribution < -0.4 is 5.43 Å². The Morgan fingerprint density at radius 3 is 3.30 bits per heavy atom. The Morgan fingerprint density at radius 2 is 2.50 bits per heavy atom. The fourth-order valence-corrected chi connectivity index (χ4v) is 1.47. The van der Waals surface area contributed by atoms with Crippen molar-refractivity contribution in [3.05, 3.63) is 28.0 Å². The summed E-state index contributed by atoms with van der Waals surface area (Å²) in [6.07, 6.45) is 1.60. The van der Waals surface area contributed by atoms with Gasteiger partial charge in [0.05, 0.1) is 5.51 Å². The van der Waals surface area contributed by atoms with Gasteiger partial charge in [-0.1, -0.05) is 0 Å². The molecule has 0 saturated heterocycles. The second-order valence-corrected chi connectivity index (χ2v) is 2.73. The highest BCUT2D eigenvalue weighted by Gasteiger charge is 1.97. The van der Waals surface area contributed by atoms with Crippen molar-refractivity contribution in [1.82, 2.24) is 9.97 Å². The van der Waals surface area contributed by atoms with Crippen molar-refractivity contribution in [2.45, 2.75) is 0 Å². The van der Waals surface area contributed by atoms with E-state index in [1.54, 1.807) is 11.7 Å². The van der Waals surface area contributed by atoms with Crippen LogP contribution in [-0.2, 0) is 0 Å². The summed E-state index contributed by atoms with van der Waals surface area (Å²) in [5.41, 5.74) is 2.37. The third-order valence-corrected chi connectivity index (χ3v) is 2.09. The number of thiazole rings is 1. The minimum atomic E-state index is 0.0382. The lowest BCUT2D eigenvalue weighted by atomic mass is 10.5. The highest BCUT2D eigenvalue weighted by molar-refractivity contribution is 7.16. The van der Waals surface area contributed by atoms with Crippen LogP contribution in [0.4, 0.5) is 0 Å². The average Bonchev–Trinajstić information content (AvgIpc) is 2.36. The quantitative estimate of drug-likeness (QED) is 0.611. The topological polar surface area (TPSA) is 45.8 Å². The molecule has 0 aliphatic rings. The molecule has 0 saturated carbocycles. The summed E-state index contributed by atoms with van der Waals surface area (Å²) in [5, 5.41) is 0. The van der Waals surface area contributed by atoms with Gasteiger partial charge < -0.3 is 4.98 Å². The Balaban J connectivity index is 3.09. The first-order valence-electron chi connectivity index (χ1n) is 2.79. The van der Waals surface area contributed by atoms with Crippen molar-refractivity contribution in [3.63, 3.8) is 0 Å². The lowest BCUT2D eigenvalue weighted by Crippen LogP contribution is -1.96. The SMILES string of the molecule is O=c1cc[nH]c2ncsc12. The molecule has 0 atom stereocenters. The third-order valence-electron chi connectivity index (χ3n) is 1.25. The zero-order chi connectivity index (χ0) is 6.97. The van der Waals surface area contributed by atoms with Gasteiger partial charge in [0.15, 0.2) is 5.65 Å². The van der Waals surface area contributed by atoms with Crippen molar-refractivity contribution >= 4 is 21.7 Å². The molecule has 0 aromatic carbocycles. The van der Waals surface area contributed by atoms with E-state index in [-0.39, 0.29) is 5.43 Å². The van der Waals surface area contributed by atoms with Crippen LogP contribution in [0, 0.1) is 0 Å². The van der Waals surface area contributed by atoms with Gasteiger partial charge in [0, 0.05) is 12.3 Å². The molecule has 2 rings (SSSR count). The Hall–Kier alpha value is -1.16. The molecular formula is C6H4N2OS. The van der Waals surface area contributed by atoms with Gasteiger partial charge in [-0.3, -0.25) is 4.79 Å². The summed E-state index contributed by atoms with van der Waals surface area (Å²) in [5.74, 6) is 0. The number of fused-ring (bicyclic) bond motifs is 1. The summed E-state index contributed by atoms with van der Waals surface area (Å²) in [4.78, 5) is 17.8. The van der Waals surface area contributed by atoms with Crippen molar-refractivity contribution in [2.75, 3.05) is 0 Å². The van der Waals surface area contributed by atoms with Crippen molar-refractivity contribution < 1.29 is 0 Å². The molecule has 0 bridgehead atoms. The first kappa shape index (κ1) is 5.61. The highest BCUT2D eigenvalue weighted by atomic mass is 32.1. The minimum absolute atomic E-state index is 0.0382. The Morgan fingerprint density at radius 1 is 1.60 bits per heavy atom. The van der Waals surface area contributed by atoms with Crippen molar-refractivity contribution in [2.24, 2.45) is 0 Å². The number of hydrogen-bond donors (Lipinski definition) is 1. The smallest absolute Gasteiger partial charge is 0.201 e. The number of hydrogen-bond acceptors (Lipinski definition) is 3. The zero-order valence-electron chi connectivity index (χ0n) is 5.00. The molecule has 0 radical (unpaired) electrons. The Bertz CT molecular complexity index is 403. The molecule has 2 aromatic rings. The number of H-pyrrole nitrogens is 1. The number of aromatic amines is 1. The fourth-order valence-electron chi connectivity index (χ4n) is 0.796. The lowest BCUT2D eigenvalue weighted by molar-refractivity contribution is 1.32. The molecule has 0 aliphatic heterocycles. The van der Waals surface area contributed by atoms with E-state index >= 15 is 0 Å². The van der Waals surface area contributed by atoms with Gasteiger partial charge in [-0.2, -0.15) is 0 Å². The second-order valence-electron chi connectivity index (χ2n) is 1.87. The zero-order valence-corrected chi connectivity index (χ0v) is 5.81. The summed E-state index contributed by atoms with van der Waals surface area (Å²) >= 11 is 1.36. The van der Waals surface area contributed by atoms with E-state index in [2.05, 4.69) is 9.97 Å². The molecule has 0 spiro atoms. The number of pyridine rings is 1. The molecule has 50 valence electrons. The Kier molecular flexibility index (Phi) is 1.07. The Labute approximate surface area is 60.4 Å². The standard InChI is InChI=1S/C6H4N2OS/c9-4-1-2-7-6-5(4)10-3-8-6/h1-3H,(H,7,9). The lowest BCUT2D eigenvalue weighted by Gasteiger charge is -1.82. The molecule has 0 amide bonds. The van der Waals surface area contributed by atoms with Crippen LogP contribution >= 0.6 is 11.3 Å². The van der Waals surface area contributed by atoms with E-state index in [0.717, 1.165) is 0 Å².